The fourth-order valence-corrected chi connectivity index (χ4v) is 3.78. The van der Waals surface area contributed by atoms with Crippen LogP contribution in [-0.4, -0.2) is 12.6 Å². The number of nitrogens with one attached hydrogen (secondary N) is 1. The summed E-state index contributed by atoms with van der Waals surface area (Å²) in [6, 6.07) is 5.07. The van der Waals surface area contributed by atoms with Crippen LogP contribution in [0.5, 0.6) is 0 Å². The van der Waals surface area contributed by atoms with Crippen LogP contribution in [-0.2, 0) is 6.42 Å². The predicted octanol–water partition coefficient (Wildman–Crippen LogP) is 5.33. The van der Waals surface area contributed by atoms with Gasteiger partial charge in [0.2, 0.25) is 0 Å². The molecule has 0 fully saturated rings. The zero-order chi connectivity index (χ0) is 14.0. The fourth-order valence-electron chi connectivity index (χ4n) is 3.03. The van der Waals surface area contributed by atoms with Crippen LogP contribution in [0.1, 0.15) is 63.2 Å². The third kappa shape index (κ3) is 5.41. The normalized spacial score (nSPS) is 17.6. The summed E-state index contributed by atoms with van der Waals surface area (Å²) >= 11 is 1.90. The lowest BCUT2D eigenvalue weighted by Gasteiger charge is -2.21. The maximum Gasteiger partial charge on any atom is 0.0279 e. The van der Waals surface area contributed by atoms with Gasteiger partial charge in [-0.05, 0) is 69.4 Å². The zero-order valence-electron chi connectivity index (χ0n) is 12.9. The summed E-state index contributed by atoms with van der Waals surface area (Å²) in [7, 11) is 0. The van der Waals surface area contributed by atoms with Gasteiger partial charge < -0.3 is 5.32 Å². The number of hydrogen-bond acceptors (Lipinski definition) is 2. The Kier molecular flexibility index (Phi) is 7.38. The van der Waals surface area contributed by atoms with Crippen molar-refractivity contribution in [2.45, 2.75) is 70.8 Å². The van der Waals surface area contributed by atoms with E-state index in [1.54, 1.807) is 5.57 Å². The highest BCUT2D eigenvalue weighted by Crippen LogP contribution is 2.23. The van der Waals surface area contributed by atoms with Crippen molar-refractivity contribution in [3.05, 3.63) is 34.0 Å². The van der Waals surface area contributed by atoms with Crippen molar-refractivity contribution in [2.75, 3.05) is 6.54 Å². The van der Waals surface area contributed by atoms with Crippen molar-refractivity contribution >= 4 is 11.3 Å². The molecule has 0 aliphatic heterocycles. The lowest BCUT2D eigenvalue weighted by atomic mass is 9.96. The van der Waals surface area contributed by atoms with Crippen LogP contribution in [0.25, 0.3) is 0 Å². The quantitative estimate of drug-likeness (QED) is 0.638. The average molecular weight is 292 g/mol. The molecule has 112 valence electrons. The van der Waals surface area contributed by atoms with Crippen LogP contribution in [0, 0.1) is 0 Å². The molecule has 0 saturated heterocycles. The minimum absolute atomic E-state index is 0.632. The molecule has 0 amide bonds. The molecule has 1 aromatic rings. The number of hydrogen-bond donors (Lipinski definition) is 1. The first-order chi connectivity index (χ1) is 9.90. The van der Waals surface area contributed by atoms with E-state index in [-0.39, 0.29) is 0 Å². The van der Waals surface area contributed by atoms with E-state index in [4.69, 9.17) is 0 Å². The Labute approximate surface area is 128 Å². The molecule has 0 aromatic carbocycles. The van der Waals surface area contributed by atoms with Gasteiger partial charge in [-0.25, -0.2) is 0 Å². The standard InChI is InChI=1S/C18H29NS/c1-2-14-19-18(16-9-5-3-4-6-10-16)13-7-11-17-12-8-15-20-17/h8-9,12,15,18-19H,2-7,10-11,13-14H2,1H3. The van der Waals surface area contributed by atoms with Gasteiger partial charge in [0.25, 0.3) is 0 Å². The lowest BCUT2D eigenvalue weighted by Crippen LogP contribution is -2.31. The summed E-state index contributed by atoms with van der Waals surface area (Å²) in [5, 5.41) is 5.97. The van der Waals surface area contributed by atoms with Crippen LogP contribution in [0.2, 0.25) is 0 Å². The molecule has 0 bridgehead atoms. The van der Waals surface area contributed by atoms with Crippen molar-refractivity contribution in [3.63, 3.8) is 0 Å². The first-order valence-electron chi connectivity index (χ1n) is 8.35. The summed E-state index contributed by atoms with van der Waals surface area (Å²) in [6.45, 7) is 3.41. The monoisotopic (exact) mass is 291 g/mol. The number of allylic oxidation sites excluding steroid dienone is 1. The maximum absolute atomic E-state index is 3.78. The minimum Gasteiger partial charge on any atom is -0.310 e. The second-order valence-corrected chi connectivity index (χ2v) is 6.89. The van der Waals surface area contributed by atoms with Gasteiger partial charge >= 0.3 is 0 Å². The summed E-state index contributed by atoms with van der Waals surface area (Å²) in [5.41, 5.74) is 1.70. The summed E-state index contributed by atoms with van der Waals surface area (Å²) in [6.07, 6.45) is 14.4. The van der Waals surface area contributed by atoms with Crippen LogP contribution in [0.4, 0.5) is 0 Å². The Morgan fingerprint density at radius 3 is 3.05 bits per heavy atom. The number of aryl methyl sites for hydroxylation is 1. The summed E-state index contributed by atoms with van der Waals surface area (Å²) in [5.74, 6) is 0. The van der Waals surface area contributed by atoms with Crippen molar-refractivity contribution in [2.24, 2.45) is 0 Å². The Morgan fingerprint density at radius 1 is 1.30 bits per heavy atom. The van der Waals surface area contributed by atoms with Gasteiger partial charge in [-0.3, -0.25) is 0 Å². The third-order valence-electron chi connectivity index (χ3n) is 4.16. The minimum atomic E-state index is 0.632. The van der Waals surface area contributed by atoms with Crippen LogP contribution in [0.15, 0.2) is 29.2 Å². The molecule has 0 saturated carbocycles. The highest BCUT2D eigenvalue weighted by molar-refractivity contribution is 7.09. The van der Waals surface area contributed by atoms with Gasteiger partial charge in [0.05, 0.1) is 0 Å². The van der Waals surface area contributed by atoms with E-state index in [9.17, 15) is 0 Å². The molecule has 0 spiro atoms. The Bertz CT molecular complexity index is 380. The van der Waals surface area contributed by atoms with Crippen molar-refractivity contribution in [1.29, 1.82) is 0 Å². The van der Waals surface area contributed by atoms with E-state index in [1.807, 2.05) is 11.3 Å². The van der Waals surface area contributed by atoms with Crippen LogP contribution >= 0.6 is 11.3 Å². The molecule has 1 aliphatic rings. The molecule has 1 aromatic heterocycles. The SMILES string of the molecule is CCCNC(CCCc1cccs1)C1=CCCCCC1. The molecule has 0 radical (unpaired) electrons. The van der Waals surface area contributed by atoms with E-state index in [2.05, 4.69) is 35.8 Å². The van der Waals surface area contributed by atoms with Gasteiger partial charge in [0.15, 0.2) is 0 Å². The fraction of sp³-hybridized carbons (Fsp3) is 0.667. The molecule has 1 aliphatic carbocycles. The van der Waals surface area contributed by atoms with Crippen molar-refractivity contribution < 1.29 is 0 Å². The second kappa shape index (κ2) is 9.36. The Balaban J connectivity index is 1.83. The summed E-state index contributed by atoms with van der Waals surface area (Å²) in [4.78, 5) is 1.54. The van der Waals surface area contributed by atoms with E-state index in [0.29, 0.717) is 6.04 Å². The van der Waals surface area contributed by atoms with Crippen LogP contribution < -0.4 is 5.32 Å². The van der Waals surface area contributed by atoms with E-state index >= 15 is 0 Å². The topological polar surface area (TPSA) is 12.0 Å². The molecule has 1 heterocycles. The van der Waals surface area contributed by atoms with E-state index < -0.39 is 0 Å². The van der Waals surface area contributed by atoms with Gasteiger partial charge in [0, 0.05) is 10.9 Å². The van der Waals surface area contributed by atoms with Gasteiger partial charge in [-0.1, -0.05) is 31.1 Å². The maximum atomic E-state index is 3.78. The Morgan fingerprint density at radius 2 is 2.25 bits per heavy atom. The smallest absolute Gasteiger partial charge is 0.0279 e. The average Bonchev–Trinajstić information content (AvgIpc) is 2.83. The molecule has 1 N–H and O–H groups in total. The molecule has 2 heteroatoms. The molecule has 1 atom stereocenters. The second-order valence-electron chi connectivity index (χ2n) is 5.86. The van der Waals surface area contributed by atoms with E-state index in [0.717, 1.165) is 6.54 Å². The number of rotatable bonds is 8. The molecule has 1 unspecified atom stereocenters. The highest BCUT2D eigenvalue weighted by Gasteiger charge is 2.14. The third-order valence-corrected chi connectivity index (χ3v) is 5.10. The van der Waals surface area contributed by atoms with Gasteiger partial charge in [0.1, 0.15) is 0 Å². The Hall–Kier alpha value is -0.600. The molecule has 1 nitrogen and oxygen atoms in total. The van der Waals surface area contributed by atoms with E-state index in [1.165, 1.54) is 62.7 Å². The first-order valence-corrected chi connectivity index (χ1v) is 9.23. The van der Waals surface area contributed by atoms with Gasteiger partial charge in [-0.2, -0.15) is 0 Å². The molecular formula is C18H29NS. The van der Waals surface area contributed by atoms with Crippen LogP contribution in [0.3, 0.4) is 0 Å². The highest BCUT2D eigenvalue weighted by atomic mass is 32.1. The molecule has 20 heavy (non-hydrogen) atoms. The largest absolute Gasteiger partial charge is 0.310 e. The summed E-state index contributed by atoms with van der Waals surface area (Å²) < 4.78 is 0. The van der Waals surface area contributed by atoms with Gasteiger partial charge in [-0.15, -0.1) is 11.3 Å². The van der Waals surface area contributed by atoms with Crippen molar-refractivity contribution in [3.8, 4) is 0 Å². The first kappa shape index (κ1) is 15.8. The van der Waals surface area contributed by atoms with Crippen molar-refractivity contribution in [1.82, 2.24) is 5.32 Å². The lowest BCUT2D eigenvalue weighted by molar-refractivity contribution is 0.502. The number of thiophene rings is 1. The zero-order valence-corrected chi connectivity index (χ0v) is 13.7. The molecular weight excluding hydrogens is 262 g/mol. The molecule has 2 rings (SSSR count). The predicted molar refractivity (Wildman–Crippen MR) is 90.5 cm³/mol.